The summed E-state index contributed by atoms with van der Waals surface area (Å²) < 4.78 is 20.9. The summed E-state index contributed by atoms with van der Waals surface area (Å²) in [5.41, 5.74) is 0.843. The summed E-state index contributed by atoms with van der Waals surface area (Å²) in [4.78, 5) is 0.502. The van der Waals surface area contributed by atoms with Crippen molar-refractivity contribution in [3.8, 4) is 0 Å². The van der Waals surface area contributed by atoms with Crippen molar-refractivity contribution >= 4 is 15.2 Å². The molecule has 0 saturated heterocycles. The Hall–Kier alpha value is -0.830. The highest BCUT2D eigenvalue weighted by Gasteiger charge is 2.03. The Kier molecular flexibility index (Phi) is 2.06. The monoisotopic (exact) mass is 156 g/mol. The fourth-order valence-corrected chi connectivity index (χ4v) is 1.40. The van der Waals surface area contributed by atoms with Crippen LogP contribution in [0, 0.1) is 0 Å². The third-order valence-corrected chi connectivity index (χ3v) is 2.32. The Labute approximate surface area is 61.4 Å². The molecule has 0 bridgehead atoms. The SMILES string of the molecule is CC1=CC=CCC1=S(=O)=O. The van der Waals surface area contributed by atoms with Gasteiger partial charge in [0.1, 0.15) is 0 Å². The van der Waals surface area contributed by atoms with Crippen molar-refractivity contribution < 1.29 is 8.42 Å². The zero-order chi connectivity index (χ0) is 7.56. The quantitative estimate of drug-likeness (QED) is 0.489. The van der Waals surface area contributed by atoms with Gasteiger partial charge >= 0.3 is 0 Å². The Balaban J connectivity index is 3.19. The predicted molar refractivity (Wildman–Crippen MR) is 41.4 cm³/mol. The van der Waals surface area contributed by atoms with E-state index in [-0.39, 0.29) is 0 Å². The van der Waals surface area contributed by atoms with Crippen molar-refractivity contribution in [1.29, 1.82) is 0 Å². The van der Waals surface area contributed by atoms with Gasteiger partial charge in [-0.05, 0) is 12.5 Å². The van der Waals surface area contributed by atoms with Crippen LogP contribution in [0.15, 0.2) is 23.8 Å². The van der Waals surface area contributed by atoms with E-state index in [1.54, 1.807) is 13.0 Å². The largest absolute Gasteiger partial charge is 0.217 e. The van der Waals surface area contributed by atoms with Crippen molar-refractivity contribution in [3.63, 3.8) is 0 Å². The lowest BCUT2D eigenvalue weighted by Crippen LogP contribution is -2.02. The summed E-state index contributed by atoms with van der Waals surface area (Å²) in [6.07, 6.45) is 6.04. The molecule has 0 unspecified atom stereocenters. The van der Waals surface area contributed by atoms with Crippen LogP contribution >= 0.6 is 0 Å². The second-order valence-corrected chi connectivity index (χ2v) is 3.10. The molecule has 0 radical (unpaired) electrons. The first-order valence-corrected chi connectivity index (χ1v) is 4.08. The zero-order valence-corrected chi connectivity index (χ0v) is 6.48. The Bertz CT molecular complexity index is 310. The first kappa shape index (κ1) is 7.28. The van der Waals surface area contributed by atoms with Crippen molar-refractivity contribution in [1.82, 2.24) is 0 Å². The molecule has 0 heterocycles. The lowest BCUT2D eigenvalue weighted by atomic mass is 10.1. The molecule has 2 nitrogen and oxygen atoms in total. The number of hydrogen-bond acceptors (Lipinski definition) is 2. The van der Waals surface area contributed by atoms with E-state index in [1.807, 2.05) is 12.2 Å². The van der Waals surface area contributed by atoms with Crippen molar-refractivity contribution in [3.05, 3.63) is 23.8 Å². The molecule has 1 aliphatic rings. The number of allylic oxidation sites excluding steroid dienone is 4. The molecule has 3 heteroatoms. The van der Waals surface area contributed by atoms with Crippen LogP contribution in [0.4, 0.5) is 0 Å². The van der Waals surface area contributed by atoms with Gasteiger partial charge in [0.05, 0.1) is 4.86 Å². The molecule has 1 rings (SSSR count). The molecule has 0 N–H and O–H groups in total. The van der Waals surface area contributed by atoms with Crippen molar-refractivity contribution in [2.24, 2.45) is 0 Å². The van der Waals surface area contributed by atoms with Crippen LogP contribution in [0.2, 0.25) is 0 Å². The Morgan fingerprint density at radius 3 is 2.60 bits per heavy atom. The maximum absolute atomic E-state index is 10.5. The number of hydrogen-bond donors (Lipinski definition) is 0. The lowest BCUT2D eigenvalue weighted by Gasteiger charge is -2.01. The predicted octanol–water partition coefficient (Wildman–Crippen LogP) is 0.944. The molecular weight excluding hydrogens is 148 g/mol. The second-order valence-electron chi connectivity index (χ2n) is 2.14. The summed E-state index contributed by atoms with van der Waals surface area (Å²) in [6.45, 7) is 1.80. The summed E-state index contributed by atoms with van der Waals surface area (Å²) in [5.74, 6) is 0. The van der Waals surface area contributed by atoms with Gasteiger partial charge < -0.3 is 0 Å². The lowest BCUT2D eigenvalue weighted by molar-refractivity contribution is 0.627. The van der Waals surface area contributed by atoms with Crippen LogP contribution in [0.25, 0.3) is 0 Å². The first-order valence-electron chi connectivity index (χ1n) is 3.00. The van der Waals surface area contributed by atoms with Crippen LogP contribution < -0.4 is 0 Å². The molecule has 0 spiro atoms. The molecule has 0 aliphatic heterocycles. The molecule has 10 heavy (non-hydrogen) atoms. The summed E-state index contributed by atoms with van der Waals surface area (Å²) in [6, 6.07) is 0. The molecule has 0 aromatic heterocycles. The van der Waals surface area contributed by atoms with Gasteiger partial charge in [-0.2, -0.15) is 8.42 Å². The van der Waals surface area contributed by atoms with Crippen LogP contribution in [0.1, 0.15) is 13.3 Å². The third-order valence-electron chi connectivity index (χ3n) is 1.43. The molecule has 1 aliphatic carbocycles. The van der Waals surface area contributed by atoms with E-state index in [1.165, 1.54) is 0 Å². The molecule has 0 saturated carbocycles. The van der Waals surface area contributed by atoms with E-state index >= 15 is 0 Å². The van der Waals surface area contributed by atoms with Crippen LogP contribution in [-0.2, 0) is 10.3 Å². The molecule has 54 valence electrons. The van der Waals surface area contributed by atoms with Gasteiger partial charge in [0, 0.05) is 6.42 Å². The summed E-state index contributed by atoms with van der Waals surface area (Å²) in [5, 5.41) is 0. The number of rotatable bonds is 0. The minimum atomic E-state index is -2.03. The molecule has 0 aromatic rings. The van der Waals surface area contributed by atoms with Crippen molar-refractivity contribution in [2.45, 2.75) is 13.3 Å². The van der Waals surface area contributed by atoms with Crippen LogP contribution in [-0.4, -0.2) is 13.3 Å². The molecular formula is C7H8O2S. The summed E-state index contributed by atoms with van der Waals surface area (Å²) in [7, 11) is -2.03. The molecule has 0 aromatic carbocycles. The third kappa shape index (κ3) is 1.36. The standard InChI is InChI=1S/C7H8O2S/c1-6-4-2-3-5-7(6)10(8)9/h2-4H,5H2,1H3. The van der Waals surface area contributed by atoms with Gasteiger partial charge in [-0.1, -0.05) is 18.2 Å². The van der Waals surface area contributed by atoms with Crippen molar-refractivity contribution in [2.75, 3.05) is 0 Å². The van der Waals surface area contributed by atoms with Crippen LogP contribution in [0.5, 0.6) is 0 Å². The highest BCUT2D eigenvalue weighted by Crippen LogP contribution is 2.06. The maximum Gasteiger partial charge on any atom is 0.217 e. The van der Waals surface area contributed by atoms with Gasteiger partial charge in [-0.25, -0.2) is 0 Å². The summed E-state index contributed by atoms with van der Waals surface area (Å²) >= 11 is 0. The first-order chi connectivity index (χ1) is 4.72. The van der Waals surface area contributed by atoms with Gasteiger partial charge in [-0.3, -0.25) is 0 Å². The average Bonchev–Trinajstić information content (AvgIpc) is 1.88. The van der Waals surface area contributed by atoms with Gasteiger partial charge in [0.15, 0.2) is 0 Å². The Morgan fingerprint density at radius 2 is 2.20 bits per heavy atom. The van der Waals surface area contributed by atoms with Gasteiger partial charge in [0.2, 0.25) is 10.3 Å². The fraction of sp³-hybridized carbons (Fsp3) is 0.286. The molecule has 0 atom stereocenters. The molecule has 0 amide bonds. The maximum atomic E-state index is 10.5. The van der Waals surface area contributed by atoms with E-state index in [9.17, 15) is 8.42 Å². The van der Waals surface area contributed by atoms with E-state index in [0.717, 1.165) is 5.57 Å². The smallest absolute Gasteiger partial charge is 0.184 e. The Morgan fingerprint density at radius 1 is 1.50 bits per heavy atom. The zero-order valence-electron chi connectivity index (χ0n) is 5.66. The van der Waals surface area contributed by atoms with E-state index in [2.05, 4.69) is 0 Å². The van der Waals surface area contributed by atoms with E-state index in [0.29, 0.717) is 11.3 Å². The second kappa shape index (κ2) is 2.84. The minimum absolute atomic E-state index is 0.502. The van der Waals surface area contributed by atoms with E-state index < -0.39 is 10.3 Å². The normalized spacial score (nSPS) is 16.9. The fourth-order valence-electron chi connectivity index (χ4n) is 0.841. The average molecular weight is 156 g/mol. The highest BCUT2D eigenvalue weighted by atomic mass is 32.2. The highest BCUT2D eigenvalue weighted by molar-refractivity contribution is 7.73. The molecule has 0 fully saturated rings. The van der Waals surface area contributed by atoms with Gasteiger partial charge in [0.25, 0.3) is 0 Å². The van der Waals surface area contributed by atoms with Crippen LogP contribution in [0.3, 0.4) is 0 Å². The van der Waals surface area contributed by atoms with Gasteiger partial charge in [-0.15, -0.1) is 0 Å². The minimum Gasteiger partial charge on any atom is -0.184 e. The van der Waals surface area contributed by atoms with E-state index in [4.69, 9.17) is 0 Å². The topological polar surface area (TPSA) is 34.1 Å².